The van der Waals surface area contributed by atoms with Crippen LogP contribution in [-0.4, -0.2) is 61.9 Å². The molecule has 2 aromatic carbocycles. The molecule has 0 aliphatic carbocycles. The van der Waals surface area contributed by atoms with Gasteiger partial charge in [0.1, 0.15) is 0 Å². The van der Waals surface area contributed by atoms with Crippen LogP contribution in [0.3, 0.4) is 0 Å². The van der Waals surface area contributed by atoms with Gasteiger partial charge in [-0.2, -0.15) is 0 Å². The van der Waals surface area contributed by atoms with Crippen molar-refractivity contribution in [3.63, 3.8) is 0 Å². The highest BCUT2D eigenvalue weighted by atomic mass is 32.2. The molecule has 190 valence electrons. The van der Waals surface area contributed by atoms with Crippen LogP contribution in [-0.2, 0) is 9.53 Å². The summed E-state index contributed by atoms with van der Waals surface area (Å²) in [5.41, 5.74) is 7.09. The van der Waals surface area contributed by atoms with E-state index in [1.165, 1.54) is 34.3 Å². The average Bonchev–Trinajstić information content (AvgIpc) is 3.12. The van der Waals surface area contributed by atoms with Crippen molar-refractivity contribution < 1.29 is 9.53 Å². The van der Waals surface area contributed by atoms with Crippen LogP contribution in [0.25, 0.3) is 6.08 Å². The van der Waals surface area contributed by atoms with Crippen molar-refractivity contribution in [2.24, 2.45) is 4.99 Å². The average molecular weight is 505 g/mol. The number of thioether (sulfide) groups is 1. The molecule has 0 unspecified atom stereocenters. The molecule has 0 spiro atoms. The lowest BCUT2D eigenvalue weighted by atomic mass is 9.79. The minimum atomic E-state index is -0.00731. The monoisotopic (exact) mass is 504 g/mol. The van der Waals surface area contributed by atoms with Gasteiger partial charge in [-0.25, -0.2) is 4.99 Å². The van der Waals surface area contributed by atoms with Gasteiger partial charge in [0.25, 0.3) is 5.91 Å². The highest BCUT2D eigenvalue weighted by molar-refractivity contribution is 8.18. The molecule has 6 nitrogen and oxygen atoms in total. The molecule has 0 N–H and O–H groups in total. The first-order valence-electron chi connectivity index (χ1n) is 12.7. The fourth-order valence-electron chi connectivity index (χ4n) is 5.35. The first-order valence-corrected chi connectivity index (χ1v) is 13.5. The van der Waals surface area contributed by atoms with Gasteiger partial charge < -0.3 is 14.5 Å². The number of morpholine rings is 1. The number of carbonyl (C=O) groups is 1. The Morgan fingerprint density at radius 2 is 1.81 bits per heavy atom. The number of anilines is 2. The number of fused-ring (bicyclic) bond motifs is 1. The fourth-order valence-corrected chi connectivity index (χ4v) is 6.33. The largest absolute Gasteiger partial charge is 0.378 e. The first kappa shape index (κ1) is 24.9. The Kier molecular flexibility index (Phi) is 6.64. The fraction of sp³-hybridized carbons (Fsp3) is 0.448. The number of amidine groups is 1. The van der Waals surface area contributed by atoms with Crippen molar-refractivity contribution in [3.8, 4) is 0 Å². The molecule has 2 saturated heterocycles. The van der Waals surface area contributed by atoms with Crippen LogP contribution < -0.4 is 9.80 Å². The maximum atomic E-state index is 13.1. The van der Waals surface area contributed by atoms with E-state index in [4.69, 9.17) is 9.73 Å². The zero-order chi connectivity index (χ0) is 25.6. The molecule has 7 heteroatoms. The molecule has 1 atom stereocenters. The molecule has 0 aromatic heterocycles. The topological polar surface area (TPSA) is 48.4 Å². The number of carbonyl (C=O) groups excluding carboxylic acids is 1. The molecule has 1 amide bonds. The summed E-state index contributed by atoms with van der Waals surface area (Å²) < 4.78 is 5.45. The van der Waals surface area contributed by atoms with Gasteiger partial charge in [-0.15, -0.1) is 0 Å². The molecule has 3 heterocycles. The smallest absolute Gasteiger partial charge is 0.266 e. The van der Waals surface area contributed by atoms with Crippen molar-refractivity contribution in [1.82, 2.24) is 4.90 Å². The molecular weight excluding hydrogens is 468 g/mol. The second-order valence-corrected chi connectivity index (χ2v) is 11.7. The Balaban J connectivity index is 1.39. The van der Waals surface area contributed by atoms with Crippen LogP contribution in [0.1, 0.15) is 49.8 Å². The Morgan fingerprint density at radius 3 is 2.50 bits per heavy atom. The number of aryl methyl sites for hydroxylation is 1. The normalized spacial score (nSPS) is 24.1. The Morgan fingerprint density at radius 1 is 1.11 bits per heavy atom. The molecule has 2 fully saturated rings. The van der Waals surface area contributed by atoms with Crippen molar-refractivity contribution in [3.05, 3.63) is 58.0 Å². The molecule has 2 aromatic rings. The van der Waals surface area contributed by atoms with Gasteiger partial charge in [0.05, 0.1) is 23.8 Å². The minimum Gasteiger partial charge on any atom is -0.378 e. The number of nitrogens with zero attached hydrogens (tertiary/aromatic N) is 4. The van der Waals surface area contributed by atoms with Gasteiger partial charge in [-0.3, -0.25) is 9.69 Å². The van der Waals surface area contributed by atoms with Crippen LogP contribution in [0.4, 0.5) is 17.1 Å². The number of amides is 1. The van der Waals surface area contributed by atoms with E-state index in [2.05, 4.69) is 68.8 Å². The van der Waals surface area contributed by atoms with Crippen LogP contribution in [0, 0.1) is 6.92 Å². The van der Waals surface area contributed by atoms with Crippen LogP contribution in [0.2, 0.25) is 0 Å². The second-order valence-electron chi connectivity index (χ2n) is 10.7. The van der Waals surface area contributed by atoms with Crippen LogP contribution in [0.5, 0.6) is 0 Å². The third-order valence-corrected chi connectivity index (χ3v) is 8.82. The number of ether oxygens (including phenoxy) is 1. The van der Waals surface area contributed by atoms with Crippen molar-refractivity contribution in [2.75, 3.05) is 50.2 Å². The molecule has 3 aliphatic rings. The standard InChI is InChI=1S/C29H36N4O2S/c1-19-15-25-24(20(2)18-29(3,4)32(25)6)16-21(19)17-26-27(34)31(5)28(36-26)30-22-7-9-23(10-8-22)33-11-13-35-14-12-33/h7-10,15-17,20H,11-14,18H2,1-6H3/b26-17-,30-28?/t20-/m0/s1. The van der Waals surface area contributed by atoms with E-state index in [0.717, 1.165) is 44.0 Å². The van der Waals surface area contributed by atoms with Gasteiger partial charge in [0, 0.05) is 44.1 Å². The Labute approximate surface area is 219 Å². The van der Waals surface area contributed by atoms with E-state index in [-0.39, 0.29) is 11.4 Å². The molecule has 36 heavy (non-hydrogen) atoms. The van der Waals surface area contributed by atoms with E-state index < -0.39 is 0 Å². The van der Waals surface area contributed by atoms with Gasteiger partial charge in [-0.1, -0.05) is 6.92 Å². The summed E-state index contributed by atoms with van der Waals surface area (Å²) in [7, 11) is 3.99. The number of benzene rings is 2. The highest BCUT2D eigenvalue weighted by Crippen LogP contribution is 2.44. The predicted octanol–water partition coefficient (Wildman–Crippen LogP) is 5.79. The maximum Gasteiger partial charge on any atom is 0.266 e. The van der Waals surface area contributed by atoms with E-state index in [0.29, 0.717) is 16.0 Å². The second kappa shape index (κ2) is 9.60. The Bertz CT molecular complexity index is 1230. The summed E-state index contributed by atoms with van der Waals surface area (Å²) in [5, 5.41) is 0.704. The number of likely N-dealkylation sites (N-methyl/N-ethyl adjacent to an activating group) is 1. The van der Waals surface area contributed by atoms with Gasteiger partial charge in [0.15, 0.2) is 5.17 Å². The highest BCUT2D eigenvalue weighted by Gasteiger charge is 2.35. The maximum absolute atomic E-state index is 13.1. The quantitative estimate of drug-likeness (QED) is 0.496. The molecule has 0 saturated carbocycles. The van der Waals surface area contributed by atoms with Crippen molar-refractivity contribution in [1.29, 1.82) is 0 Å². The zero-order valence-electron chi connectivity index (χ0n) is 22.2. The lowest BCUT2D eigenvalue weighted by Gasteiger charge is -2.45. The lowest BCUT2D eigenvalue weighted by Crippen LogP contribution is -2.45. The van der Waals surface area contributed by atoms with E-state index in [1.807, 2.05) is 18.2 Å². The predicted molar refractivity (Wildman–Crippen MR) is 152 cm³/mol. The summed E-state index contributed by atoms with van der Waals surface area (Å²) in [6.07, 6.45) is 3.14. The molecular formula is C29H36N4O2S. The number of hydrogen-bond acceptors (Lipinski definition) is 6. The summed E-state index contributed by atoms with van der Waals surface area (Å²) >= 11 is 1.45. The summed E-state index contributed by atoms with van der Waals surface area (Å²) in [6, 6.07) is 12.8. The molecule has 0 bridgehead atoms. The van der Waals surface area contributed by atoms with Gasteiger partial charge >= 0.3 is 0 Å². The number of aliphatic imine (C=N–C) groups is 1. The summed E-state index contributed by atoms with van der Waals surface area (Å²) in [4.78, 5) is 25.0. The van der Waals surface area contributed by atoms with E-state index in [9.17, 15) is 4.79 Å². The van der Waals surface area contributed by atoms with E-state index in [1.54, 1.807) is 11.9 Å². The zero-order valence-corrected chi connectivity index (χ0v) is 23.0. The molecule has 3 aliphatic heterocycles. The number of rotatable bonds is 3. The van der Waals surface area contributed by atoms with Gasteiger partial charge in [0.2, 0.25) is 0 Å². The first-order chi connectivity index (χ1) is 17.1. The van der Waals surface area contributed by atoms with Crippen LogP contribution in [0.15, 0.2) is 46.3 Å². The van der Waals surface area contributed by atoms with Gasteiger partial charge in [-0.05, 0) is 104 Å². The Hall–Kier alpha value is -2.77. The number of hydrogen-bond donors (Lipinski definition) is 0. The van der Waals surface area contributed by atoms with Crippen LogP contribution >= 0.6 is 11.8 Å². The minimum absolute atomic E-state index is 0.00731. The third-order valence-electron chi connectivity index (χ3n) is 7.76. The summed E-state index contributed by atoms with van der Waals surface area (Å²) in [6.45, 7) is 12.4. The van der Waals surface area contributed by atoms with E-state index >= 15 is 0 Å². The van der Waals surface area contributed by atoms with Crippen molar-refractivity contribution in [2.45, 2.75) is 45.6 Å². The lowest BCUT2D eigenvalue weighted by molar-refractivity contribution is -0.121. The summed E-state index contributed by atoms with van der Waals surface area (Å²) in [5.74, 6) is 0.461. The van der Waals surface area contributed by atoms with Crippen molar-refractivity contribution >= 4 is 46.0 Å². The molecule has 0 radical (unpaired) electrons. The third kappa shape index (κ3) is 4.66. The molecule has 5 rings (SSSR count). The SMILES string of the molecule is Cc1cc2c(cc1/C=C1\SC(=Nc3ccc(N4CCOCC4)cc3)N(C)C1=O)[C@@H](C)CC(C)(C)N2C.